The number of carbonyl (C=O) groups is 2. The van der Waals surface area contributed by atoms with Gasteiger partial charge in [0, 0.05) is 43.8 Å². The lowest BCUT2D eigenvalue weighted by atomic mass is 10.2. The van der Waals surface area contributed by atoms with Crippen LogP contribution in [-0.4, -0.2) is 58.9 Å². The van der Waals surface area contributed by atoms with Crippen LogP contribution < -0.4 is 5.32 Å². The number of nitrogens with one attached hydrogen (secondary N) is 1. The van der Waals surface area contributed by atoms with Gasteiger partial charge in [0.05, 0.1) is 12.1 Å². The number of aromatic nitrogens is 1. The fraction of sp³-hybridized carbons (Fsp3) is 0.682. The number of nitrogens with zero attached hydrogens (tertiary/aromatic N) is 4. The van der Waals surface area contributed by atoms with E-state index in [-0.39, 0.29) is 17.7 Å². The maximum Gasteiger partial charge on any atom is 0.239 e. The largest absolute Gasteiger partial charge is 0.340 e. The topological polar surface area (TPSA) is 81.4 Å². The van der Waals surface area contributed by atoms with Gasteiger partial charge in [-0.3, -0.25) is 14.5 Å². The number of nitriles is 1. The highest BCUT2D eigenvalue weighted by atomic mass is 16.2. The number of piperazine rings is 1. The molecule has 1 N–H and O–H groups in total. The second kappa shape index (κ2) is 8.19. The predicted octanol–water partition coefficient (Wildman–Crippen LogP) is 2.58. The molecular weight excluding hydrogens is 366 g/mol. The molecule has 2 amide bonds. The number of hydrogen-bond acceptors (Lipinski definition) is 4. The van der Waals surface area contributed by atoms with E-state index in [1.54, 1.807) is 0 Å². The molecule has 2 aliphatic carbocycles. The Kier molecular flexibility index (Phi) is 5.64. The first-order valence-corrected chi connectivity index (χ1v) is 10.9. The zero-order valence-electron chi connectivity index (χ0n) is 17.5. The molecule has 0 spiro atoms. The molecule has 2 saturated carbocycles. The Balaban J connectivity index is 1.40. The van der Waals surface area contributed by atoms with Gasteiger partial charge in [0.25, 0.3) is 0 Å². The fourth-order valence-electron chi connectivity index (χ4n) is 4.80. The van der Waals surface area contributed by atoms with Crippen molar-refractivity contribution in [2.45, 2.75) is 58.4 Å². The second-order valence-electron chi connectivity index (χ2n) is 8.78. The van der Waals surface area contributed by atoms with Crippen LogP contribution >= 0.6 is 0 Å². The van der Waals surface area contributed by atoms with Crippen LogP contribution in [0.15, 0.2) is 0 Å². The molecular formula is C22H31N5O2. The third kappa shape index (κ3) is 4.04. The summed E-state index contributed by atoms with van der Waals surface area (Å²) in [5.74, 6) is 1.12. The van der Waals surface area contributed by atoms with Crippen LogP contribution in [0, 0.1) is 31.1 Å². The number of rotatable bonds is 5. The van der Waals surface area contributed by atoms with Gasteiger partial charge in [0.2, 0.25) is 11.8 Å². The van der Waals surface area contributed by atoms with Gasteiger partial charge in [0.15, 0.2) is 0 Å². The zero-order valence-corrected chi connectivity index (χ0v) is 17.5. The third-order valence-electron chi connectivity index (χ3n) is 6.79. The first-order chi connectivity index (χ1) is 14.0. The van der Waals surface area contributed by atoms with Crippen LogP contribution in [0.5, 0.6) is 0 Å². The lowest BCUT2D eigenvalue weighted by Gasteiger charge is -2.34. The van der Waals surface area contributed by atoms with Crippen LogP contribution in [-0.2, 0) is 9.59 Å². The SMILES string of the molecule is Cc1c(C#N)c(NC(=O)CN2CCN(C(=O)C3CC3)CC2)n(C2CCCC2)c1C. The molecule has 156 valence electrons. The highest BCUT2D eigenvalue weighted by Crippen LogP contribution is 2.37. The van der Waals surface area contributed by atoms with Crippen molar-refractivity contribution in [3.05, 3.63) is 16.8 Å². The number of carbonyl (C=O) groups excluding carboxylic acids is 2. The monoisotopic (exact) mass is 397 g/mol. The summed E-state index contributed by atoms with van der Waals surface area (Å²) in [7, 11) is 0. The van der Waals surface area contributed by atoms with Crippen LogP contribution in [0.1, 0.15) is 61.4 Å². The maximum absolute atomic E-state index is 12.8. The van der Waals surface area contributed by atoms with Gasteiger partial charge in [0.1, 0.15) is 11.9 Å². The van der Waals surface area contributed by atoms with E-state index < -0.39 is 0 Å². The van der Waals surface area contributed by atoms with E-state index in [0.29, 0.717) is 37.1 Å². The first-order valence-electron chi connectivity index (χ1n) is 10.9. The van der Waals surface area contributed by atoms with Gasteiger partial charge < -0.3 is 14.8 Å². The Labute approximate surface area is 172 Å². The molecule has 1 aliphatic heterocycles. The second-order valence-corrected chi connectivity index (χ2v) is 8.78. The molecule has 0 bridgehead atoms. The molecule has 7 nitrogen and oxygen atoms in total. The Hall–Kier alpha value is -2.33. The summed E-state index contributed by atoms with van der Waals surface area (Å²) in [6.45, 7) is 7.14. The average Bonchev–Trinajstić information content (AvgIpc) is 3.38. The van der Waals surface area contributed by atoms with E-state index in [2.05, 4.69) is 20.9 Å². The Morgan fingerprint density at radius 1 is 1.07 bits per heavy atom. The molecule has 2 heterocycles. The van der Waals surface area contributed by atoms with E-state index in [9.17, 15) is 14.9 Å². The predicted molar refractivity (Wildman–Crippen MR) is 110 cm³/mol. The lowest BCUT2D eigenvalue weighted by Crippen LogP contribution is -2.50. The van der Waals surface area contributed by atoms with E-state index in [1.165, 1.54) is 12.8 Å². The molecule has 4 rings (SSSR count). The maximum atomic E-state index is 12.8. The number of hydrogen-bond donors (Lipinski definition) is 1. The summed E-state index contributed by atoms with van der Waals surface area (Å²) >= 11 is 0. The lowest BCUT2D eigenvalue weighted by molar-refractivity contribution is -0.134. The minimum Gasteiger partial charge on any atom is -0.340 e. The van der Waals surface area contributed by atoms with Gasteiger partial charge in [-0.25, -0.2) is 0 Å². The van der Waals surface area contributed by atoms with Crippen molar-refractivity contribution < 1.29 is 9.59 Å². The number of amides is 2. The fourth-order valence-corrected chi connectivity index (χ4v) is 4.80. The molecule has 1 aromatic rings. The molecule has 1 aromatic heterocycles. The Bertz CT molecular complexity index is 834. The van der Waals surface area contributed by atoms with Crippen LogP contribution in [0.3, 0.4) is 0 Å². The van der Waals surface area contributed by atoms with Crippen molar-refractivity contribution in [2.24, 2.45) is 5.92 Å². The normalized spacial score (nSPS) is 20.7. The smallest absolute Gasteiger partial charge is 0.239 e. The molecule has 1 saturated heterocycles. The minimum absolute atomic E-state index is 0.0831. The summed E-state index contributed by atoms with van der Waals surface area (Å²) in [4.78, 5) is 29.0. The Morgan fingerprint density at radius 3 is 2.31 bits per heavy atom. The molecule has 0 aromatic carbocycles. The minimum atomic E-state index is -0.0831. The van der Waals surface area contributed by atoms with Gasteiger partial charge >= 0.3 is 0 Å². The highest BCUT2D eigenvalue weighted by molar-refractivity contribution is 5.93. The molecule has 29 heavy (non-hydrogen) atoms. The average molecular weight is 398 g/mol. The molecule has 0 atom stereocenters. The van der Waals surface area contributed by atoms with E-state index in [0.717, 1.165) is 50.0 Å². The van der Waals surface area contributed by atoms with Crippen molar-refractivity contribution >= 4 is 17.6 Å². The third-order valence-corrected chi connectivity index (χ3v) is 6.79. The van der Waals surface area contributed by atoms with Crippen molar-refractivity contribution in [2.75, 3.05) is 38.0 Å². The highest BCUT2D eigenvalue weighted by Gasteiger charge is 2.35. The summed E-state index contributed by atoms with van der Waals surface area (Å²) in [5.41, 5.74) is 2.63. The Morgan fingerprint density at radius 2 is 1.72 bits per heavy atom. The van der Waals surface area contributed by atoms with E-state index in [4.69, 9.17) is 0 Å². The molecule has 3 aliphatic rings. The van der Waals surface area contributed by atoms with Crippen LogP contribution in [0.25, 0.3) is 0 Å². The summed E-state index contributed by atoms with van der Waals surface area (Å²) in [5, 5.41) is 12.7. The van der Waals surface area contributed by atoms with Crippen molar-refractivity contribution in [1.82, 2.24) is 14.4 Å². The van der Waals surface area contributed by atoms with E-state index >= 15 is 0 Å². The molecule has 0 unspecified atom stereocenters. The van der Waals surface area contributed by atoms with Crippen molar-refractivity contribution in [3.63, 3.8) is 0 Å². The van der Waals surface area contributed by atoms with Gasteiger partial charge in [-0.05, 0) is 45.1 Å². The summed E-state index contributed by atoms with van der Waals surface area (Å²) in [6, 6.07) is 2.66. The quantitative estimate of drug-likeness (QED) is 0.828. The summed E-state index contributed by atoms with van der Waals surface area (Å²) < 4.78 is 2.19. The van der Waals surface area contributed by atoms with Crippen molar-refractivity contribution in [1.29, 1.82) is 5.26 Å². The van der Waals surface area contributed by atoms with Gasteiger partial charge in [-0.2, -0.15) is 5.26 Å². The standard InChI is InChI=1S/C22H31N5O2/c1-15-16(2)27(18-5-3-4-6-18)21(19(15)13-23)24-20(28)14-25-9-11-26(12-10-25)22(29)17-7-8-17/h17-18H,3-12,14H2,1-2H3,(H,24,28). The molecule has 3 fully saturated rings. The van der Waals surface area contributed by atoms with Crippen LogP contribution in [0.4, 0.5) is 5.82 Å². The first kappa shape index (κ1) is 20.0. The molecule has 7 heteroatoms. The summed E-state index contributed by atoms with van der Waals surface area (Å²) in [6.07, 6.45) is 6.64. The van der Waals surface area contributed by atoms with Gasteiger partial charge in [-0.15, -0.1) is 0 Å². The number of anilines is 1. The van der Waals surface area contributed by atoms with Gasteiger partial charge in [-0.1, -0.05) is 12.8 Å². The van der Waals surface area contributed by atoms with Crippen LogP contribution in [0.2, 0.25) is 0 Å². The van der Waals surface area contributed by atoms with E-state index in [1.807, 2.05) is 18.7 Å². The molecule has 0 radical (unpaired) electrons. The van der Waals surface area contributed by atoms with Crippen molar-refractivity contribution in [3.8, 4) is 6.07 Å². The zero-order chi connectivity index (χ0) is 20.5.